The molecule has 0 aliphatic heterocycles. The van der Waals surface area contributed by atoms with Crippen LogP contribution < -0.4 is 27.4 Å². The first kappa shape index (κ1) is 35.3. The summed E-state index contributed by atoms with van der Waals surface area (Å²) in [5.41, 5.74) is 12.3. The van der Waals surface area contributed by atoms with Crippen LogP contribution in [0.1, 0.15) is 64.4 Å². The van der Waals surface area contributed by atoms with E-state index in [9.17, 15) is 29.1 Å². The normalized spacial score (nSPS) is 14.5. The molecule has 0 fully saturated rings. The summed E-state index contributed by atoms with van der Waals surface area (Å²) in [6.45, 7) is 4.09. The van der Waals surface area contributed by atoms with Gasteiger partial charge in [-0.1, -0.05) is 50.6 Å². The zero-order chi connectivity index (χ0) is 30.8. The molecule has 8 N–H and O–H groups in total. The van der Waals surface area contributed by atoms with Crippen molar-refractivity contribution in [3.8, 4) is 0 Å². The molecule has 41 heavy (non-hydrogen) atoms. The van der Waals surface area contributed by atoms with E-state index >= 15 is 0 Å². The van der Waals surface area contributed by atoms with E-state index in [1.54, 1.807) is 6.92 Å². The number of carbonyl (C=O) groups is 5. The van der Waals surface area contributed by atoms with Gasteiger partial charge in [-0.2, -0.15) is 0 Å². The summed E-state index contributed by atoms with van der Waals surface area (Å²) in [7, 11) is 1.21. The third-order valence-electron chi connectivity index (χ3n) is 6.67. The van der Waals surface area contributed by atoms with Gasteiger partial charge in [0.1, 0.15) is 30.8 Å². The van der Waals surface area contributed by atoms with Gasteiger partial charge in [-0.05, 0) is 56.6 Å². The van der Waals surface area contributed by atoms with Gasteiger partial charge in [0.05, 0.1) is 7.11 Å². The molecule has 0 spiro atoms. The number of rotatable bonds is 19. The minimum Gasteiger partial charge on any atom is -0.480 e. The number of hydrogen-bond acceptors (Lipinski definition) is 9. The zero-order valence-electron chi connectivity index (χ0n) is 24.1. The molecule has 1 rings (SSSR count). The Bertz CT molecular complexity index is 977. The van der Waals surface area contributed by atoms with Crippen molar-refractivity contribution in [2.24, 2.45) is 17.4 Å². The smallest absolute Gasteiger partial charge is 0.328 e. The van der Waals surface area contributed by atoms with Gasteiger partial charge in [0.2, 0.25) is 5.91 Å². The number of carboxylic acids is 1. The number of urea groups is 1. The molecule has 0 aliphatic rings. The minimum absolute atomic E-state index is 0.0538. The van der Waals surface area contributed by atoms with Crippen molar-refractivity contribution in [1.82, 2.24) is 16.0 Å². The summed E-state index contributed by atoms with van der Waals surface area (Å²) in [5, 5.41) is 17.0. The largest absolute Gasteiger partial charge is 0.480 e. The summed E-state index contributed by atoms with van der Waals surface area (Å²) >= 11 is 0. The van der Waals surface area contributed by atoms with Gasteiger partial charge in [-0.15, -0.1) is 0 Å². The van der Waals surface area contributed by atoms with Gasteiger partial charge in [-0.25, -0.2) is 14.4 Å². The molecule has 13 nitrogen and oxygen atoms in total. The highest BCUT2D eigenvalue weighted by Crippen LogP contribution is 2.12. The number of esters is 2. The lowest BCUT2D eigenvalue weighted by Crippen LogP contribution is -2.56. The average Bonchev–Trinajstić information content (AvgIpc) is 2.96. The Kier molecular flexibility index (Phi) is 16.7. The van der Waals surface area contributed by atoms with E-state index in [2.05, 4.69) is 16.0 Å². The minimum atomic E-state index is -1.22. The molecule has 3 amide bonds. The summed E-state index contributed by atoms with van der Waals surface area (Å²) in [5.74, 6) is -3.38. The van der Waals surface area contributed by atoms with Crippen molar-refractivity contribution in [1.29, 1.82) is 0 Å². The van der Waals surface area contributed by atoms with E-state index in [1.807, 2.05) is 37.3 Å². The van der Waals surface area contributed by atoms with E-state index in [0.717, 1.165) is 5.56 Å². The first-order chi connectivity index (χ1) is 19.5. The van der Waals surface area contributed by atoms with Gasteiger partial charge in [0.25, 0.3) is 0 Å². The van der Waals surface area contributed by atoms with E-state index in [-0.39, 0.29) is 38.2 Å². The highest BCUT2D eigenvalue weighted by molar-refractivity contribution is 5.91. The van der Waals surface area contributed by atoms with Crippen LogP contribution in [-0.2, 0) is 35.3 Å². The van der Waals surface area contributed by atoms with Gasteiger partial charge < -0.3 is 42.0 Å². The second-order valence-corrected chi connectivity index (χ2v) is 9.87. The number of carboxylic acid groups (broad SMARTS) is 1. The van der Waals surface area contributed by atoms with Gasteiger partial charge in [-0.3, -0.25) is 9.59 Å². The predicted molar refractivity (Wildman–Crippen MR) is 151 cm³/mol. The molecule has 0 radical (unpaired) electrons. The molecule has 0 bridgehead atoms. The molecule has 0 aromatic heterocycles. The molecule has 1 aromatic rings. The van der Waals surface area contributed by atoms with E-state index in [0.29, 0.717) is 25.8 Å². The zero-order valence-corrected chi connectivity index (χ0v) is 24.1. The summed E-state index contributed by atoms with van der Waals surface area (Å²) < 4.78 is 10.1. The lowest BCUT2D eigenvalue weighted by molar-refractivity contribution is -0.147. The topological polar surface area (TPSA) is 212 Å². The summed E-state index contributed by atoms with van der Waals surface area (Å²) in [6, 6.07) is 4.00. The third kappa shape index (κ3) is 13.5. The summed E-state index contributed by atoms with van der Waals surface area (Å²) in [6.07, 6.45) is 2.27. The first-order valence-corrected chi connectivity index (χ1v) is 13.9. The second-order valence-electron chi connectivity index (χ2n) is 9.87. The van der Waals surface area contributed by atoms with Crippen molar-refractivity contribution in [3.63, 3.8) is 0 Å². The fourth-order valence-electron chi connectivity index (χ4n) is 3.92. The molecule has 230 valence electrons. The maximum atomic E-state index is 13.2. The van der Waals surface area contributed by atoms with Crippen LogP contribution in [0.4, 0.5) is 4.79 Å². The Morgan fingerprint density at radius 2 is 1.54 bits per heavy atom. The Morgan fingerprint density at radius 1 is 0.902 bits per heavy atom. The highest BCUT2D eigenvalue weighted by atomic mass is 16.5. The number of carbonyl (C=O) groups excluding carboxylic acids is 4. The van der Waals surface area contributed by atoms with Crippen LogP contribution in [0.15, 0.2) is 30.3 Å². The van der Waals surface area contributed by atoms with E-state index in [1.165, 1.54) is 7.11 Å². The number of unbranched alkanes of at least 4 members (excludes halogenated alkanes) is 1. The molecule has 1 unspecified atom stereocenters. The molecule has 0 saturated heterocycles. The molecule has 0 heterocycles. The van der Waals surface area contributed by atoms with Crippen molar-refractivity contribution in [2.75, 3.05) is 13.7 Å². The van der Waals surface area contributed by atoms with E-state index < -0.39 is 54.0 Å². The van der Waals surface area contributed by atoms with Crippen molar-refractivity contribution in [3.05, 3.63) is 35.9 Å². The Morgan fingerprint density at radius 3 is 2.12 bits per heavy atom. The summed E-state index contributed by atoms with van der Waals surface area (Å²) in [4.78, 5) is 62.2. The van der Waals surface area contributed by atoms with Gasteiger partial charge in [0.15, 0.2) is 0 Å². The van der Waals surface area contributed by atoms with Crippen molar-refractivity contribution in [2.45, 2.75) is 89.6 Å². The number of hydrogen-bond donors (Lipinski definition) is 6. The molecule has 5 atom stereocenters. The number of nitrogens with two attached hydrogens (primary N) is 2. The fraction of sp³-hybridized carbons (Fsp3) is 0.607. The molecular formula is C28H45N5O8. The monoisotopic (exact) mass is 579 g/mol. The van der Waals surface area contributed by atoms with Crippen LogP contribution in [0, 0.1) is 5.92 Å². The van der Waals surface area contributed by atoms with Gasteiger partial charge >= 0.3 is 23.9 Å². The predicted octanol–water partition coefficient (Wildman–Crippen LogP) is 1.18. The lowest BCUT2D eigenvalue weighted by atomic mass is 9.98. The number of ether oxygens (including phenoxy) is 2. The SMILES string of the molecule is CC[C@H](C)[C@H](NC(=O)C(CCC[C@@H](N)C(=O)OCc1ccccc1)NC(=O)N[C@@H](CCCCN)C(=O)O)C(=O)OC. The molecule has 13 heteroatoms. The standard InChI is InChI=1S/C28H45N5O8/c1-4-18(2)23(27(38)40-3)33-24(34)21(31-28(39)32-22(25(35)36)14-8-9-16-29)15-10-13-20(30)26(37)41-17-19-11-6-5-7-12-19/h5-7,11-12,18,20-23H,4,8-10,13-17,29-30H2,1-3H3,(H,33,34)(H,35,36)(H2,31,32,39)/t18-,20+,21?,22-,23-/m0/s1. The quantitative estimate of drug-likeness (QED) is 0.102. The number of nitrogens with one attached hydrogen (secondary N) is 3. The fourth-order valence-corrected chi connectivity index (χ4v) is 3.92. The third-order valence-corrected chi connectivity index (χ3v) is 6.67. The number of benzene rings is 1. The number of aliphatic carboxylic acids is 1. The second kappa shape index (κ2) is 19.4. The molecule has 0 aliphatic carbocycles. The van der Waals surface area contributed by atoms with Crippen LogP contribution in [-0.4, -0.2) is 72.8 Å². The Labute approximate surface area is 241 Å². The average molecular weight is 580 g/mol. The van der Waals surface area contributed by atoms with Crippen molar-refractivity contribution < 1.29 is 38.6 Å². The van der Waals surface area contributed by atoms with Gasteiger partial charge in [0, 0.05) is 0 Å². The maximum absolute atomic E-state index is 13.2. The van der Waals surface area contributed by atoms with Crippen LogP contribution in [0.3, 0.4) is 0 Å². The molecular weight excluding hydrogens is 534 g/mol. The van der Waals surface area contributed by atoms with Crippen LogP contribution >= 0.6 is 0 Å². The highest BCUT2D eigenvalue weighted by Gasteiger charge is 2.31. The van der Waals surface area contributed by atoms with Crippen LogP contribution in [0.25, 0.3) is 0 Å². The Hall–Kier alpha value is -3.71. The molecule has 0 saturated carbocycles. The molecule has 1 aromatic carbocycles. The maximum Gasteiger partial charge on any atom is 0.328 e. The Balaban J connectivity index is 2.88. The number of methoxy groups -OCH3 is 1. The van der Waals surface area contributed by atoms with E-state index in [4.69, 9.17) is 20.9 Å². The van der Waals surface area contributed by atoms with Crippen LogP contribution in [0.5, 0.6) is 0 Å². The van der Waals surface area contributed by atoms with Crippen LogP contribution in [0.2, 0.25) is 0 Å². The van der Waals surface area contributed by atoms with Crippen molar-refractivity contribution >= 4 is 29.8 Å². The number of amides is 3. The lowest BCUT2D eigenvalue weighted by Gasteiger charge is -2.26. The first-order valence-electron chi connectivity index (χ1n) is 13.9.